The van der Waals surface area contributed by atoms with E-state index in [0.717, 1.165) is 26.5 Å². The molecule has 0 saturated heterocycles. The maximum absolute atomic E-state index is 4.32. The Kier molecular flexibility index (Phi) is 4.00. The number of fused-ring (bicyclic) bond motifs is 1. The summed E-state index contributed by atoms with van der Waals surface area (Å²) in [6.45, 7) is 0.837. The minimum atomic E-state index is 0.688. The summed E-state index contributed by atoms with van der Waals surface area (Å²) in [5, 5.41) is 4.02. The van der Waals surface area contributed by atoms with Crippen LogP contribution in [0.4, 0.5) is 0 Å². The first kappa shape index (κ1) is 13.5. The van der Waals surface area contributed by atoms with Gasteiger partial charge in [0.2, 0.25) is 0 Å². The molecule has 2 aromatic heterocycles. The third-order valence-electron chi connectivity index (χ3n) is 2.79. The number of H-pyrrole nitrogens is 1. The van der Waals surface area contributed by atoms with Gasteiger partial charge in [-0.05, 0) is 24.7 Å². The van der Waals surface area contributed by atoms with Crippen molar-refractivity contribution < 1.29 is 0 Å². The van der Waals surface area contributed by atoms with Gasteiger partial charge in [0, 0.05) is 15.9 Å². The molecule has 0 amide bonds. The number of aromatic nitrogens is 4. The second-order valence-electron chi connectivity index (χ2n) is 4.17. The standard InChI is InChI=1S/C13H12BrN5S/c1-15-5-8-2-3-9(4-10(8)14)20-13-11-12(17-6-16-11)18-7-19-13/h2-4,6-7,15H,5H2,1H3,(H,16,17,18,19). The van der Waals surface area contributed by atoms with Crippen molar-refractivity contribution in [2.75, 3.05) is 7.05 Å². The summed E-state index contributed by atoms with van der Waals surface area (Å²) in [5.41, 5.74) is 2.78. The van der Waals surface area contributed by atoms with Crippen LogP contribution in [0.25, 0.3) is 11.2 Å². The molecule has 0 aliphatic rings. The minimum absolute atomic E-state index is 0.688. The van der Waals surface area contributed by atoms with Gasteiger partial charge in [-0.3, -0.25) is 0 Å². The number of imidazole rings is 1. The summed E-state index contributed by atoms with van der Waals surface area (Å²) in [4.78, 5) is 16.8. The van der Waals surface area contributed by atoms with Crippen molar-refractivity contribution in [2.45, 2.75) is 16.5 Å². The molecule has 0 saturated carbocycles. The lowest BCUT2D eigenvalue weighted by Crippen LogP contribution is -2.05. The van der Waals surface area contributed by atoms with E-state index in [4.69, 9.17) is 0 Å². The molecule has 0 atom stereocenters. The summed E-state index contributed by atoms with van der Waals surface area (Å²) < 4.78 is 1.09. The van der Waals surface area contributed by atoms with Crippen LogP contribution in [0.1, 0.15) is 5.56 Å². The maximum atomic E-state index is 4.32. The van der Waals surface area contributed by atoms with Gasteiger partial charge in [0.1, 0.15) is 16.9 Å². The van der Waals surface area contributed by atoms with Gasteiger partial charge in [-0.2, -0.15) is 0 Å². The van der Waals surface area contributed by atoms with Crippen molar-refractivity contribution >= 4 is 38.9 Å². The number of aromatic amines is 1. The van der Waals surface area contributed by atoms with Gasteiger partial charge in [-0.1, -0.05) is 33.8 Å². The fraction of sp³-hybridized carbons (Fsp3) is 0.154. The van der Waals surface area contributed by atoms with Crippen molar-refractivity contribution in [3.05, 3.63) is 40.9 Å². The van der Waals surface area contributed by atoms with E-state index in [1.165, 1.54) is 11.9 Å². The zero-order valence-corrected chi connectivity index (χ0v) is 13.1. The third-order valence-corrected chi connectivity index (χ3v) is 4.53. The molecule has 2 N–H and O–H groups in total. The lowest BCUT2D eigenvalue weighted by Gasteiger charge is -2.06. The monoisotopic (exact) mass is 349 g/mol. The Morgan fingerprint density at radius 3 is 3.00 bits per heavy atom. The fourth-order valence-corrected chi connectivity index (χ4v) is 3.42. The molecular weight excluding hydrogens is 338 g/mol. The minimum Gasteiger partial charge on any atom is -0.341 e. The molecule has 1 aromatic carbocycles. The van der Waals surface area contributed by atoms with Crippen LogP contribution in [0, 0.1) is 0 Å². The zero-order valence-electron chi connectivity index (χ0n) is 10.7. The molecule has 0 aliphatic carbocycles. The summed E-state index contributed by atoms with van der Waals surface area (Å²) in [6.07, 6.45) is 3.17. The first-order valence-electron chi connectivity index (χ1n) is 6.03. The molecule has 0 unspecified atom stereocenters. The predicted molar refractivity (Wildman–Crippen MR) is 82.7 cm³/mol. The molecule has 7 heteroatoms. The van der Waals surface area contributed by atoms with Crippen LogP contribution in [0.15, 0.2) is 45.2 Å². The molecule has 0 radical (unpaired) electrons. The van der Waals surface area contributed by atoms with Crippen LogP contribution in [0.2, 0.25) is 0 Å². The highest BCUT2D eigenvalue weighted by Gasteiger charge is 2.08. The van der Waals surface area contributed by atoms with Crippen molar-refractivity contribution in [1.29, 1.82) is 0 Å². The third kappa shape index (κ3) is 2.70. The number of nitrogens with zero attached hydrogens (tertiary/aromatic N) is 3. The van der Waals surface area contributed by atoms with Crippen LogP contribution in [0.5, 0.6) is 0 Å². The Morgan fingerprint density at radius 2 is 2.20 bits per heavy atom. The average molecular weight is 350 g/mol. The van der Waals surface area contributed by atoms with Gasteiger partial charge >= 0.3 is 0 Å². The lowest BCUT2D eigenvalue weighted by atomic mass is 10.2. The largest absolute Gasteiger partial charge is 0.341 e. The molecule has 0 bridgehead atoms. The summed E-state index contributed by atoms with van der Waals surface area (Å²) in [7, 11) is 1.94. The number of hydrogen-bond acceptors (Lipinski definition) is 5. The van der Waals surface area contributed by atoms with E-state index in [2.05, 4.69) is 59.4 Å². The molecule has 0 aliphatic heterocycles. The highest BCUT2D eigenvalue weighted by atomic mass is 79.9. The Labute approximate surface area is 128 Å². The Balaban J connectivity index is 1.91. The van der Waals surface area contributed by atoms with Crippen LogP contribution in [-0.4, -0.2) is 27.0 Å². The number of hydrogen-bond donors (Lipinski definition) is 2. The van der Waals surface area contributed by atoms with E-state index in [-0.39, 0.29) is 0 Å². The van der Waals surface area contributed by atoms with Crippen LogP contribution in [0.3, 0.4) is 0 Å². The van der Waals surface area contributed by atoms with Gasteiger partial charge in [-0.25, -0.2) is 15.0 Å². The SMILES string of the molecule is CNCc1ccc(Sc2ncnc3nc[nH]c23)cc1Br. The van der Waals surface area contributed by atoms with Crippen LogP contribution < -0.4 is 5.32 Å². The van der Waals surface area contributed by atoms with Crippen molar-refractivity contribution in [1.82, 2.24) is 25.3 Å². The molecule has 2 heterocycles. The predicted octanol–water partition coefficient (Wildman–Crippen LogP) is 2.99. The highest BCUT2D eigenvalue weighted by molar-refractivity contribution is 9.10. The molecular formula is C13H12BrN5S. The molecule has 3 rings (SSSR count). The zero-order chi connectivity index (χ0) is 13.9. The summed E-state index contributed by atoms with van der Waals surface area (Å²) in [6, 6.07) is 6.29. The normalized spacial score (nSPS) is 11.1. The topological polar surface area (TPSA) is 66.5 Å². The molecule has 5 nitrogen and oxygen atoms in total. The molecule has 0 spiro atoms. The second kappa shape index (κ2) is 5.90. The smallest absolute Gasteiger partial charge is 0.181 e. The quantitative estimate of drug-likeness (QED) is 0.708. The maximum Gasteiger partial charge on any atom is 0.181 e. The van der Waals surface area contributed by atoms with E-state index in [0.29, 0.717) is 5.65 Å². The van der Waals surface area contributed by atoms with Crippen molar-refractivity contribution in [3.63, 3.8) is 0 Å². The fourth-order valence-electron chi connectivity index (χ4n) is 1.86. The molecule has 20 heavy (non-hydrogen) atoms. The first-order valence-corrected chi connectivity index (χ1v) is 7.64. The van der Waals surface area contributed by atoms with Crippen LogP contribution >= 0.6 is 27.7 Å². The molecule has 3 aromatic rings. The summed E-state index contributed by atoms with van der Waals surface area (Å²) >= 11 is 5.19. The van der Waals surface area contributed by atoms with E-state index in [1.54, 1.807) is 18.1 Å². The number of nitrogens with one attached hydrogen (secondary N) is 2. The average Bonchev–Trinajstić information content (AvgIpc) is 2.91. The van der Waals surface area contributed by atoms with E-state index < -0.39 is 0 Å². The lowest BCUT2D eigenvalue weighted by molar-refractivity contribution is 0.813. The van der Waals surface area contributed by atoms with Crippen molar-refractivity contribution in [2.24, 2.45) is 0 Å². The van der Waals surface area contributed by atoms with E-state index in [1.807, 2.05) is 7.05 Å². The van der Waals surface area contributed by atoms with Gasteiger partial charge in [0.15, 0.2) is 5.65 Å². The van der Waals surface area contributed by atoms with Crippen molar-refractivity contribution in [3.8, 4) is 0 Å². The number of benzene rings is 1. The van der Waals surface area contributed by atoms with Gasteiger partial charge in [-0.15, -0.1) is 0 Å². The van der Waals surface area contributed by atoms with E-state index in [9.17, 15) is 0 Å². The van der Waals surface area contributed by atoms with E-state index >= 15 is 0 Å². The van der Waals surface area contributed by atoms with Crippen LogP contribution in [-0.2, 0) is 6.54 Å². The molecule has 0 fully saturated rings. The Bertz CT molecular complexity index is 742. The molecule has 102 valence electrons. The first-order chi connectivity index (χ1) is 9.78. The Hall–Kier alpha value is -1.44. The highest BCUT2D eigenvalue weighted by Crippen LogP contribution is 2.32. The number of rotatable bonds is 4. The Morgan fingerprint density at radius 1 is 1.30 bits per heavy atom. The summed E-state index contributed by atoms with van der Waals surface area (Å²) in [5.74, 6) is 0. The second-order valence-corrected chi connectivity index (χ2v) is 6.08. The van der Waals surface area contributed by atoms with Gasteiger partial charge in [0.05, 0.1) is 6.33 Å². The van der Waals surface area contributed by atoms with Gasteiger partial charge in [0.25, 0.3) is 0 Å². The van der Waals surface area contributed by atoms with Gasteiger partial charge < -0.3 is 10.3 Å². The number of halogens is 1.